The largest absolute Gasteiger partial charge is 0.376 e. The highest BCUT2D eigenvalue weighted by molar-refractivity contribution is 7.71. The lowest BCUT2D eigenvalue weighted by atomic mass is 9.96. The Balaban J connectivity index is 1.87. The van der Waals surface area contributed by atoms with Crippen LogP contribution in [0.1, 0.15) is 36.9 Å². The number of rotatable bonds is 4. The summed E-state index contributed by atoms with van der Waals surface area (Å²) in [6.07, 6.45) is 6.47. The molecule has 2 aromatic rings. The van der Waals surface area contributed by atoms with Gasteiger partial charge in [0.25, 0.3) is 5.69 Å². The Morgan fingerprint density at radius 1 is 1.31 bits per heavy atom. The number of non-ortho nitro benzene ring substituents is 1. The van der Waals surface area contributed by atoms with Crippen LogP contribution in [0.15, 0.2) is 24.3 Å². The van der Waals surface area contributed by atoms with Gasteiger partial charge in [0.2, 0.25) is 0 Å². The van der Waals surface area contributed by atoms with Crippen molar-refractivity contribution in [3.8, 4) is 11.4 Å². The lowest BCUT2D eigenvalue weighted by Crippen LogP contribution is -2.24. The number of nitro groups is 1. The van der Waals surface area contributed by atoms with E-state index in [1.54, 1.807) is 12.1 Å². The highest BCUT2D eigenvalue weighted by atomic mass is 32.1. The summed E-state index contributed by atoms with van der Waals surface area (Å²) < 4.78 is 8.69. The molecular weight excluding hydrogens is 350 g/mol. The van der Waals surface area contributed by atoms with Gasteiger partial charge in [0, 0.05) is 35.6 Å². The molecule has 0 bridgehead atoms. The van der Waals surface area contributed by atoms with E-state index >= 15 is 0 Å². The van der Waals surface area contributed by atoms with Crippen molar-refractivity contribution in [3.05, 3.63) is 50.3 Å². The monoisotopic (exact) mass is 371 g/mol. The van der Waals surface area contributed by atoms with Gasteiger partial charge >= 0.3 is 0 Å². The highest BCUT2D eigenvalue weighted by Crippen LogP contribution is 2.30. The van der Waals surface area contributed by atoms with Crippen LogP contribution in [0.3, 0.4) is 0 Å². The molecule has 2 heterocycles. The first kappa shape index (κ1) is 17.3. The minimum absolute atomic E-state index is 0.0663. The molecule has 1 aliphatic heterocycles. The lowest BCUT2D eigenvalue weighted by Gasteiger charge is -2.26. The van der Waals surface area contributed by atoms with Crippen molar-refractivity contribution < 1.29 is 9.66 Å². The molecule has 1 aliphatic carbocycles. The number of hydrogen-bond donors (Lipinski definition) is 0. The smallest absolute Gasteiger partial charge is 0.270 e. The van der Waals surface area contributed by atoms with Crippen LogP contribution in [0, 0.1) is 14.8 Å². The fourth-order valence-corrected chi connectivity index (χ4v) is 4.24. The Morgan fingerprint density at radius 3 is 2.92 bits per heavy atom. The van der Waals surface area contributed by atoms with Crippen LogP contribution in [-0.2, 0) is 24.1 Å². The third-order valence-corrected chi connectivity index (χ3v) is 5.55. The molecule has 7 heteroatoms. The van der Waals surface area contributed by atoms with Crippen LogP contribution < -0.4 is 0 Å². The van der Waals surface area contributed by atoms with Gasteiger partial charge in [-0.15, -0.1) is 0 Å². The number of nitro benzene ring substituents is 1. The first-order valence-electron chi connectivity index (χ1n) is 9.12. The van der Waals surface area contributed by atoms with Gasteiger partial charge in [0.05, 0.1) is 17.6 Å². The van der Waals surface area contributed by atoms with Gasteiger partial charge in [-0.3, -0.25) is 10.1 Å². The summed E-state index contributed by atoms with van der Waals surface area (Å²) in [4.78, 5) is 15.5. The molecule has 26 heavy (non-hydrogen) atoms. The molecule has 1 saturated heterocycles. The third-order valence-electron chi connectivity index (χ3n) is 5.21. The van der Waals surface area contributed by atoms with Crippen LogP contribution in [0.5, 0.6) is 0 Å². The normalized spacial score (nSPS) is 19.3. The SMILES string of the molecule is O=[N+]([O-])c1cccc(-c2nc(=S)c3c(n2C[C@@H]2CCCO2)CCCC3)c1. The molecule has 1 aromatic heterocycles. The van der Waals surface area contributed by atoms with Gasteiger partial charge in [0.15, 0.2) is 0 Å². The average Bonchev–Trinajstić information content (AvgIpc) is 3.17. The minimum atomic E-state index is -0.374. The van der Waals surface area contributed by atoms with Crippen molar-refractivity contribution in [2.45, 2.75) is 51.2 Å². The molecule has 0 amide bonds. The van der Waals surface area contributed by atoms with Crippen LogP contribution in [-0.4, -0.2) is 27.2 Å². The molecule has 6 nitrogen and oxygen atoms in total. The molecule has 136 valence electrons. The van der Waals surface area contributed by atoms with Crippen molar-refractivity contribution in [3.63, 3.8) is 0 Å². The van der Waals surface area contributed by atoms with Gasteiger partial charge in [-0.25, -0.2) is 4.98 Å². The number of fused-ring (bicyclic) bond motifs is 1. The minimum Gasteiger partial charge on any atom is -0.376 e. The van der Waals surface area contributed by atoms with E-state index < -0.39 is 0 Å². The zero-order valence-corrected chi connectivity index (χ0v) is 15.3. The van der Waals surface area contributed by atoms with Gasteiger partial charge < -0.3 is 9.30 Å². The lowest BCUT2D eigenvalue weighted by molar-refractivity contribution is -0.384. The van der Waals surface area contributed by atoms with Crippen LogP contribution in [0.2, 0.25) is 0 Å². The van der Waals surface area contributed by atoms with E-state index in [2.05, 4.69) is 4.57 Å². The molecule has 0 saturated carbocycles. The number of benzene rings is 1. The second-order valence-corrected chi connectivity index (χ2v) is 7.31. The first-order chi connectivity index (χ1) is 12.6. The van der Waals surface area contributed by atoms with Crippen molar-refractivity contribution >= 4 is 17.9 Å². The van der Waals surface area contributed by atoms with E-state index in [1.165, 1.54) is 17.3 Å². The second kappa shape index (κ2) is 7.25. The van der Waals surface area contributed by atoms with Gasteiger partial charge in [-0.1, -0.05) is 24.4 Å². The Kier molecular flexibility index (Phi) is 4.82. The fraction of sp³-hybridized carbons (Fsp3) is 0.474. The summed E-state index contributed by atoms with van der Waals surface area (Å²) >= 11 is 5.56. The standard InChI is InChI=1S/C19H21N3O3S/c23-22(24)14-6-3-5-13(11-14)18-20-19(26)16-8-1-2-9-17(16)21(18)12-15-7-4-10-25-15/h3,5-6,11,15H,1-2,4,7-10,12H2/t15-/m0/s1. The summed E-state index contributed by atoms with van der Waals surface area (Å²) in [7, 11) is 0. The predicted molar refractivity (Wildman–Crippen MR) is 101 cm³/mol. The zero-order chi connectivity index (χ0) is 18.1. The van der Waals surface area contributed by atoms with E-state index in [9.17, 15) is 10.1 Å². The molecule has 0 N–H and O–H groups in total. The predicted octanol–water partition coefficient (Wildman–Crippen LogP) is 4.25. The summed E-state index contributed by atoms with van der Waals surface area (Å²) in [6, 6.07) is 6.65. The highest BCUT2D eigenvalue weighted by Gasteiger charge is 2.24. The van der Waals surface area contributed by atoms with Gasteiger partial charge in [0.1, 0.15) is 10.5 Å². The maximum atomic E-state index is 11.2. The molecule has 4 rings (SSSR count). The molecular formula is C19H21N3O3S. The number of hydrogen-bond acceptors (Lipinski definition) is 5. The topological polar surface area (TPSA) is 70.2 Å². The van der Waals surface area contributed by atoms with Gasteiger partial charge in [-0.2, -0.15) is 0 Å². The van der Waals surface area contributed by atoms with Crippen molar-refractivity contribution in [2.24, 2.45) is 0 Å². The van der Waals surface area contributed by atoms with E-state index in [0.29, 0.717) is 4.64 Å². The summed E-state index contributed by atoms with van der Waals surface area (Å²) in [6.45, 7) is 1.52. The summed E-state index contributed by atoms with van der Waals surface area (Å²) in [5.74, 6) is 0.717. The van der Waals surface area contributed by atoms with Crippen molar-refractivity contribution in [2.75, 3.05) is 6.61 Å². The zero-order valence-electron chi connectivity index (χ0n) is 14.5. The second-order valence-electron chi connectivity index (χ2n) is 6.93. The van der Waals surface area contributed by atoms with Crippen LogP contribution >= 0.6 is 12.2 Å². The molecule has 1 fully saturated rings. The number of aromatic nitrogens is 2. The maximum Gasteiger partial charge on any atom is 0.270 e. The van der Waals surface area contributed by atoms with E-state index in [1.807, 2.05) is 6.07 Å². The number of nitrogens with zero attached hydrogens (tertiary/aromatic N) is 3. The number of ether oxygens (including phenoxy) is 1. The fourth-order valence-electron chi connectivity index (χ4n) is 3.94. The van der Waals surface area contributed by atoms with E-state index in [-0.39, 0.29) is 16.7 Å². The Bertz CT molecular complexity index is 903. The molecule has 0 radical (unpaired) electrons. The third kappa shape index (κ3) is 3.29. The molecule has 0 spiro atoms. The molecule has 2 aliphatic rings. The quantitative estimate of drug-likeness (QED) is 0.457. The summed E-state index contributed by atoms with van der Waals surface area (Å²) in [5.41, 5.74) is 3.19. The van der Waals surface area contributed by atoms with Gasteiger partial charge in [-0.05, 0) is 38.5 Å². The van der Waals surface area contributed by atoms with E-state index in [4.69, 9.17) is 21.9 Å². The Hall–Kier alpha value is -2.12. The van der Waals surface area contributed by atoms with Crippen molar-refractivity contribution in [1.82, 2.24) is 9.55 Å². The molecule has 0 unspecified atom stereocenters. The van der Waals surface area contributed by atoms with Crippen LogP contribution in [0.25, 0.3) is 11.4 Å². The van der Waals surface area contributed by atoms with Crippen LogP contribution in [0.4, 0.5) is 5.69 Å². The van der Waals surface area contributed by atoms with E-state index in [0.717, 1.165) is 63.1 Å². The first-order valence-corrected chi connectivity index (χ1v) is 9.53. The molecule has 1 aromatic carbocycles. The average molecular weight is 371 g/mol. The summed E-state index contributed by atoms with van der Waals surface area (Å²) in [5, 5.41) is 11.2. The Morgan fingerprint density at radius 2 is 2.15 bits per heavy atom. The maximum absolute atomic E-state index is 11.2. The Labute approximate surface area is 157 Å². The van der Waals surface area contributed by atoms with Crippen molar-refractivity contribution in [1.29, 1.82) is 0 Å². The molecule has 1 atom stereocenters.